The second kappa shape index (κ2) is 24.8. The van der Waals surface area contributed by atoms with Crippen molar-refractivity contribution in [2.24, 2.45) is 5.92 Å². The van der Waals surface area contributed by atoms with Crippen LogP contribution >= 0.6 is 11.8 Å². The Morgan fingerprint density at radius 1 is 0.641 bits per heavy atom. The molecule has 11 heteroatoms. The van der Waals surface area contributed by atoms with E-state index in [0.717, 1.165) is 44.8 Å². The highest BCUT2D eigenvalue weighted by atomic mass is 32.2. The number of hydrogen-bond donors (Lipinski definition) is 8. The van der Waals surface area contributed by atoms with Crippen molar-refractivity contribution in [2.45, 2.75) is 98.8 Å². The molecular formula is C28H60N10S. The van der Waals surface area contributed by atoms with Crippen LogP contribution in [0.3, 0.4) is 0 Å². The van der Waals surface area contributed by atoms with Gasteiger partial charge in [0.25, 0.3) is 0 Å². The molecule has 0 aliphatic carbocycles. The maximum Gasteiger partial charge on any atom is 0.197 e. The Hall–Kier alpha value is -2.17. The first-order valence-corrected chi connectivity index (χ1v) is 16.4. The lowest BCUT2D eigenvalue weighted by Crippen LogP contribution is -2.48. The first-order valence-electron chi connectivity index (χ1n) is 15.3. The minimum atomic E-state index is 0.159. The summed E-state index contributed by atoms with van der Waals surface area (Å²) in [5.74, 6) is 3.43. The summed E-state index contributed by atoms with van der Waals surface area (Å²) in [5.41, 5.74) is 0. The van der Waals surface area contributed by atoms with Crippen LogP contribution in [0.15, 0.2) is 0 Å². The molecule has 0 bridgehead atoms. The fourth-order valence-electron chi connectivity index (χ4n) is 4.25. The van der Waals surface area contributed by atoms with E-state index < -0.39 is 0 Å². The summed E-state index contributed by atoms with van der Waals surface area (Å²) in [4.78, 5) is 3.74. The van der Waals surface area contributed by atoms with Crippen LogP contribution < -0.4 is 21.3 Å². The summed E-state index contributed by atoms with van der Waals surface area (Å²) in [7, 11) is 0. The predicted octanol–water partition coefficient (Wildman–Crippen LogP) is 5.04. The van der Waals surface area contributed by atoms with Gasteiger partial charge in [-0.1, -0.05) is 51.9 Å². The number of guanidine groups is 4. The highest BCUT2D eigenvalue weighted by Crippen LogP contribution is 2.16. The first kappa shape index (κ1) is 36.8. The second-order valence-corrected chi connectivity index (χ2v) is 11.1. The fourth-order valence-corrected chi connectivity index (χ4v) is 5.44. The van der Waals surface area contributed by atoms with Crippen molar-refractivity contribution in [2.75, 3.05) is 50.8 Å². The molecule has 8 N–H and O–H groups in total. The summed E-state index contributed by atoms with van der Waals surface area (Å²) in [6.07, 6.45) is 12.6. The van der Waals surface area contributed by atoms with Gasteiger partial charge in [0.15, 0.2) is 23.8 Å². The highest BCUT2D eigenvalue weighted by Gasteiger charge is 2.13. The van der Waals surface area contributed by atoms with Crippen molar-refractivity contribution in [3.8, 4) is 0 Å². The van der Waals surface area contributed by atoms with Gasteiger partial charge in [-0.3, -0.25) is 32.3 Å². The largest absolute Gasteiger partial charge is 0.356 e. The molecule has 0 rings (SSSR count). The van der Waals surface area contributed by atoms with Crippen LogP contribution in [0.4, 0.5) is 0 Å². The van der Waals surface area contributed by atoms with Crippen LogP contribution in [0.2, 0.25) is 0 Å². The minimum Gasteiger partial charge on any atom is -0.356 e. The Labute approximate surface area is 243 Å². The summed E-state index contributed by atoms with van der Waals surface area (Å²) < 4.78 is 0. The van der Waals surface area contributed by atoms with E-state index in [1.165, 1.54) is 57.1 Å². The Morgan fingerprint density at radius 2 is 1.13 bits per heavy atom. The number of nitrogens with zero attached hydrogens (tertiary/aromatic N) is 2. The van der Waals surface area contributed by atoms with Crippen LogP contribution in [-0.2, 0) is 0 Å². The highest BCUT2D eigenvalue weighted by molar-refractivity contribution is 7.99. The van der Waals surface area contributed by atoms with Gasteiger partial charge in [0.05, 0.1) is 0 Å². The molecule has 0 aromatic heterocycles. The second-order valence-electron chi connectivity index (χ2n) is 9.91. The lowest BCUT2D eigenvalue weighted by Gasteiger charge is -2.24. The van der Waals surface area contributed by atoms with Crippen molar-refractivity contribution in [3.63, 3.8) is 0 Å². The van der Waals surface area contributed by atoms with Gasteiger partial charge in [-0.15, -0.1) is 0 Å². The van der Waals surface area contributed by atoms with Gasteiger partial charge in [-0.25, -0.2) is 0 Å². The van der Waals surface area contributed by atoms with Crippen molar-refractivity contribution in [1.82, 2.24) is 31.1 Å². The molecule has 1 atom stereocenters. The van der Waals surface area contributed by atoms with Crippen molar-refractivity contribution in [3.05, 3.63) is 0 Å². The number of nitrogens with one attached hydrogen (secondary N) is 8. The van der Waals surface area contributed by atoms with Gasteiger partial charge in [0.1, 0.15) is 0 Å². The number of thioether (sulfide) groups is 1. The number of rotatable bonds is 21. The zero-order chi connectivity index (χ0) is 29.3. The molecule has 0 radical (unpaired) electrons. The lowest BCUT2D eigenvalue weighted by molar-refractivity contribution is 0.449. The maximum absolute atomic E-state index is 8.24. The Morgan fingerprint density at radius 3 is 1.64 bits per heavy atom. The molecule has 1 unspecified atom stereocenters. The molecule has 10 nitrogen and oxygen atoms in total. The minimum absolute atomic E-state index is 0.159. The summed E-state index contributed by atoms with van der Waals surface area (Å²) >= 11 is 2.00. The Kier molecular flexibility index (Phi) is 23.5. The van der Waals surface area contributed by atoms with E-state index in [1.807, 2.05) is 49.3 Å². The van der Waals surface area contributed by atoms with Crippen LogP contribution in [-0.4, -0.2) is 84.4 Å². The van der Waals surface area contributed by atoms with Crippen molar-refractivity contribution < 1.29 is 0 Å². The van der Waals surface area contributed by atoms with E-state index in [-0.39, 0.29) is 23.8 Å². The molecule has 0 saturated heterocycles. The van der Waals surface area contributed by atoms with E-state index in [9.17, 15) is 0 Å². The average Bonchev–Trinajstić information content (AvgIpc) is 2.91. The monoisotopic (exact) mass is 568 g/mol. The average molecular weight is 569 g/mol. The molecule has 0 saturated carbocycles. The Bertz CT molecular complexity index is 665. The normalized spacial score (nSPS) is 11.4. The molecule has 0 aliphatic heterocycles. The summed E-state index contributed by atoms with van der Waals surface area (Å²) in [5, 5.41) is 44.5. The topological polar surface area (TPSA) is 150 Å². The number of unbranched alkanes of at least 4 members (excludes halogenated alkanes) is 7. The first-order chi connectivity index (χ1) is 18.8. The summed E-state index contributed by atoms with van der Waals surface area (Å²) in [6, 6.07) is 0. The Balaban J connectivity index is 4.51. The van der Waals surface area contributed by atoms with Gasteiger partial charge >= 0.3 is 0 Å². The van der Waals surface area contributed by atoms with Gasteiger partial charge in [0.2, 0.25) is 0 Å². The quantitative estimate of drug-likeness (QED) is 0.0549. The van der Waals surface area contributed by atoms with Crippen LogP contribution in [0.5, 0.6) is 0 Å². The van der Waals surface area contributed by atoms with Gasteiger partial charge in [0, 0.05) is 39.3 Å². The molecule has 0 amide bonds. The zero-order valence-electron chi connectivity index (χ0n) is 25.6. The molecular weight excluding hydrogens is 508 g/mol. The van der Waals surface area contributed by atoms with E-state index in [4.69, 9.17) is 21.6 Å². The molecule has 0 aromatic carbocycles. The lowest BCUT2D eigenvalue weighted by atomic mass is 10.1. The fraction of sp³-hybridized carbons (Fsp3) is 0.857. The molecule has 0 aromatic rings. The van der Waals surface area contributed by atoms with Crippen molar-refractivity contribution >= 4 is 35.6 Å². The van der Waals surface area contributed by atoms with E-state index in [2.05, 4.69) is 28.2 Å². The third-order valence-corrected chi connectivity index (χ3v) is 8.08. The standard InChI is InChI=1S/C28H60N10S/c1-6-11-12-13-14-15-16-17-21-39-23-24(22-34-26(30)36-28(32)38(9-4)10-5)19-18-20-33-25(29)35-27(31)37(7-2)8-3/h24H,6-23H2,1-5H3,(H4,29,31,33,35)(H4,30,32,34,36). The number of hydrogen-bond acceptors (Lipinski definition) is 5. The van der Waals surface area contributed by atoms with Crippen LogP contribution in [0.1, 0.15) is 98.8 Å². The van der Waals surface area contributed by atoms with E-state index in [1.54, 1.807) is 0 Å². The maximum atomic E-state index is 8.24. The van der Waals surface area contributed by atoms with Crippen LogP contribution in [0, 0.1) is 27.6 Å². The molecule has 0 fully saturated rings. The zero-order valence-corrected chi connectivity index (χ0v) is 26.4. The third-order valence-electron chi connectivity index (χ3n) is 6.80. The third kappa shape index (κ3) is 19.5. The van der Waals surface area contributed by atoms with E-state index >= 15 is 0 Å². The van der Waals surface area contributed by atoms with Crippen LogP contribution in [0.25, 0.3) is 0 Å². The molecule has 228 valence electrons. The molecule has 0 spiro atoms. The van der Waals surface area contributed by atoms with E-state index in [0.29, 0.717) is 19.0 Å². The predicted molar refractivity (Wildman–Crippen MR) is 172 cm³/mol. The van der Waals surface area contributed by atoms with Gasteiger partial charge in [-0.05, 0) is 64.4 Å². The summed E-state index contributed by atoms with van der Waals surface area (Å²) in [6.45, 7) is 14.6. The van der Waals surface area contributed by atoms with Gasteiger partial charge in [-0.2, -0.15) is 11.8 Å². The molecule has 39 heavy (non-hydrogen) atoms. The SMILES string of the molecule is CCCCCCCCCCSCC(CCCNC(=N)NC(=N)N(CC)CC)CNC(=N)NC(=N)N(CC)CC. The van der Waals surface area contributed by atoms with Gasteiger partial charge < -0.3 is 20.4 Å². The van der Waals surface area contributed by atoms with Crippen molar-refractivity contribution in [1.29, 1.82) is 21.6 Å². The smallest absolute Gasteiger partial charge is 0.197 e. The molecule has 0 heterocycles. The molecule has 0 aliphatic rings.